The fourth-order valence-corrected chi connectivity index (χ4v) is 4.60. The molecule has 1 aliphatic heterocycles. The van der Waals surface area contributed by atoms with E-state index in [9.17, 15) is 14.4 Å². The molecule has 40 heavy (non-hydrogen) atoms. The molecule has 1 atom stereocenters. The summed E-state index contributed by atoms with van der Waals surface area (Å²) in [5.74, 6) is -0.0672. The van der Waals surface area contributed by atoms with Crippen LogP contribution in [0.3, 0.4) is 0 Å². The van der Waals surface area contributed by atoms with Crippen LogP contribution in [0.15, 0.2) is 53.6 Å². The second-order valence-electron chi connectivity index (χ2n) is 10.3. The zero-order chi connectivity index (χ0) is 28.6. The monoisotopic (exact) mass is 541 g/mol. The molecule has 13 heteroatoms. The lowest BCUT2D eigenvalue weighted by Gasteiger charge is -2.24. The number of fused-ring (bicyclic) bond motifs is 1. The number of nitrogens with zero attached hydrogens (tertiary/aromatic N) is 7. The number of carbonyl (C=O) groups excluding carboxylic acids is 2. The van der Waals surface area contributed by atoms with E-state index in [1.807, 2.05) is 6.07 Å². The topological polar surface area (TPSA) is 174 Å². The molecule has 0 spiro atoms. The number of rotatable bonds is 4. The maximum absolute atomic E-state index is 13.8. The van der Waals surface area contributed by atoms with Gasteiger partial charge in [-0.15, -0.1) is 0 Å². The number of aromatic nitrogens is 5. The minimum atomic E-state index is -0.635. The van der Waals surface area contributed by atoms with Crippen molar-refractivity contribution in [2.45, 2.75) is 38.8 Å². The fourth-order valence-electron chi connectivity index (χ4n) is 4.60. The molecule has 1 saturated heterocycles. The molecule has 2 amide bonds. The quantitative estimate of drug-likeness (QED) is 0.394. The zero-order valence-corrected chi connectivity index (χ0v) is 22.2. The van der Waals surface area contributed by atoms with Gasteiger partial charge in [-0.1, -0.05) is 6.07 Å². The highest BCUT2D eigenvalue weighted by Gasteiger charge is 2.34. The number of hydrogen-bond donors (Lipinski definition) is 2. The van der Waals surface area contributed by atoms with Crippen LogP contribution in [0, 0.1) is 11.3 Å². The van der Waals surface area contributed by atoms with Crippen LogP contribution in [0.5, 0.6) is 0 Å². The van der Waals surface area contributed by atoms with Gasteiger partial charge in [0, 0.05) is 18.7 Å². The summed E-state index contributed by atoms with van der Waals surface area (Å²) in [5, 5.41) is 11.7. The Labute approximate surface area is 228 Å². The normalized spacial score (nSPS) is 15.2. The van der Waals surface area contributed by atoms with E-state index in [4.69, 9.17) is 15.7 Å². The molecule has 0 aliphatic carbocycles. The van der Waals surface area contributed by atoms with Crippen molar-refractivity contribution in [3.05, 3.63) is 70.5 Å². The Morgan fingerprint density at radius 1 is 1.15 bits per heavy atom. The van der Waals surface area contributed by atoms with Gasteiger partial charge in [-0.25, -0.2) is 24.5 Å². The molecule has 0 saturated carbocycles. The SMILES string of the molecule is CC(C)(C)OC(=O)N1CC[C@@H](n2c(=O)n(-c3ccc(C(=O)Nc4cccc(C#N)n4)cc3)c3c(N)ncnc32)C1. The molecule has 1 aromatic carbocycles. The molecular formula is C27H27N9O4. The first-order valence-corrected chi connectivity index (χ1v) is 12.6. The minimum Gasteiger partial charge on any atom is -0.444 e. The second kappa shape index (κ2) is 10.1. The molecule has 1 fully saturated rings. The van der Waals surface area contributed by atoms with E-state index in [0.29, 0.717) is 35.4 Å². The second-order valence-corrected chi connectivity index (χ2v) is 10.3. The minimum absolute atomic E-state index is 0.119. The molecule has 1 aliphatic rings. The first-order valence-electron chi connectivity index (χ1n) is 12.6. The van der Waals surface area contributed by atoms with Crippen molar-refractivity contribution in [2.75, 3.05) is 24.1 Å². The smallest absolute Gasteiger partial charge is 0.410 e. The Morgan fingerprint density at radius 2 is 1.90 bits per heavy atom. The molecule has 0 radical (unpaired) electrons. The summed E-state index contributed by atoms with van der Waals surface area (Å²) in [6, 6.07) is 12.7. The van der Waals surface area contributed by atoms with Crippen LogP contribution >= 0.6 is 0 Å². The Morgan fingerprint density at radius 3 is 2.60 bits per heavy atom. The van der Waals surface area contributed by atoms with Gasteiger partial charge in [-0.05, 0) is 63.6 Å². The van der Waals surface area contributed by atoms with E-state index < -0.39 is 23.3 Å². The van der Waals surface area contributed by atoms with E-state index >= 15 is 0 Å². The first-order chi connectivity index (χ1) is 19.1. The maximum Gasteiger partial charge on any atom is 0.410 e. The summed E-state index contributed by atoms with van der Waals surface area (Å²) in [6.45, 7) is 6.10. The number of nitrogens with two attached hydrogens (primary N) is 1. The van der Waals surface area contributed by atoms with E-state index in [1.54, 1.807) is 62.1 Å². The Kier molecular flexibility index (Phi) is 6.68. The lowest BCUT2D eigenvalue weighted by molar-refractivity contribution is 0.0289. The summed E-state index contributed by atoms with van der Waals surface area (Å²) >= 11 is 0. The van der Waals surface area contributed by atoms with Crippen molar-refractivity contribution in [1.29, 1.82) is 5.26 Å². The maximum atomic E-state index is 13.8. The van der Waals surface area contributed by atoms with Gasteiger partial charge in [-0.3, -0.25) is 13.9 Å². The lowest BCUT2D eigenvalue weighted by atomic mass is 10.2. The van der Waals surface area contributed by atoms with Gasteiger partial charge < -0.3 is 20.7 Å². The van der Waals surface area contributed by atoms with Crippen LogP contribution in [0.2, 0.25) is 0 Å². The van der Waals surface area contributed by atoms with E-state index in [0.717, 1.165) is 0 Å². The van der Waals surface area contributed by atoms with Gasteiger partial charge in [0.05, 0.1) is 11.7 Å². The lowest BCUT2D eigenvalue weighted by Crippen LogP contribution is -2.36. The predicted molar refractivity (Wildman–Crippen MR) is 146 cm³/mol. The van der Waals surface area contributed by atoms with Crippen LogP contribution < -0.4 is 16.7 Å². The predicted octanol–water partition coefficient (Wildman–Crippen LogP) is 2.87. The number of imidazole rings is 1. The van der Waals surface area contributed by atoms with Crippen LogP contribution in [0.1, 0.15) is 49.3 Å². The number of nitriles is 1. The molecule has 3 N–H and O–H groups in total. The van der Waals surface area contributed by atoms with Crippen molar-refractivity contribution < 1.29 is 14.3 Å². The van der Waals surface area contributed by atoms with E-state index in [2.05, 4.69) is 20.3 Å². The highest BCUT2D eigenvalue weighted by Crippen LogP contribution is 2.28. The van der Waals surface area contributed by atoms with Crippen LogP contribution in [-0.4, -0.2) is 59.7 Å². The first kappa shape index (κ1) is 26.4. The van der Waals surface area contributed by atoms with Gasteiger partial charge in [0.2, 0.25) is 0 Å². The molecule has 3 aromatic heterocycles. The van der Waals surface area contributed by atoms with Gasteiger partial charge in [0.15, 0.2) is 11.5 Å². The van der Waals surface area contributed by atoms with Gasteiger partial charge >= 0.3 is 11.8 Å². The number of benzene rings is 1. The summed E-state index contributed by atoms with van der Waals surface area (Å²) in [7, 11) is 0. The molecular weight excluding hydrogens is 514 g/mol. The van der Waals surface area contributed by atoms with E-state index in [-0.39, 0.29) is 29.9 Å². The van der Waals surface area contributed by atoms with Crippen LogP contribution in [0.25, 0.3) is 16.9 Å². The fraction of sp³-hybridized carbons (Fsp3) is 0.296. The van der Waals surface area contributed by atoms with Crippen molar-refractivity contribution in [3.63, 3.8) is 0 Å². The number of pyridine rings is 1. The molecule has 13 nitrogen and oxygen atoms in total. The molecule has 0 unspecified atom stereocenters. The highest BCUT2D eigenvalue weighted by atomic mass is 16.6. The third-order valence-corrected chi connectivity index (χ3v) is 6.35. The number of likely N-dealkylation sites (tertiary alicyclic amines) is 1. The molecule has 204 valence electrons. The molecule has 5 rings (SSSR count). The number of nitrogens with one attached hydrogen (secondary N) is 1. The number of hydrogen-bond acceptors (Lipinski definition) is 9. The van der Waals surface area contributed by atoms with Gasteiger partial charge in [0.25, 0.3) is 5.91 Å². The van der Waals surface area contributed by atoms with Crippen molar-refractivity contribution in [1.82, 2.24) is 29.0 Å². The summed E-state index contributed by atoms with van der Waals surface area (Å²) < 4.78 is 8.43. The zero-order valence-electron chi connectivity index (χ0n) is 22.2. The third-order valence-electron chi connectivity index (χ3n) is 6.35. The van der Waals surface area contributed by atoms with Gasteiger partial charge in [0.1, 0.15) is 35.0 Å². The average Bonchev–Trinajstić information content (AvgIpc) is 3.51. The Hall–Kier alpha value is -5.25. The average molecular weight is 542 g/mol. The Bertz CT molecular complexity index is 1710. The number of anilines is 2. The standard InChI is InChI=1S/C27H27N9O4/c1-27(2,3)40-26(39)34-12-11-19(14-34)36-23-21(22(29)30-15-31-23)35(25(36)38)18-9-7-16(8-10-18)24(37)33-20-6-4-5-17(13-28)32-20/h4-10,15,19H,11-12,14H2,1-3H3,(H2,29,30,31)(H,32,33,37)/t19-/m1/s1. The van der Waals surface area contributed by atoms with Gasteiger partial charge in [-0.2, -0.15) is 5.26 Å². The van der Waals surface area contributed by atoms with E-state index in [1.165, 1.54) is 21.5 Å². The Balaban J connectivity index is 1.45. The third kappa shape index (κ3) is 5.06. The number of nitrogen functional groups attached to an aromatic ring is 1. The van der Waals surface area contributed by atoms with Crippen LogP contribution in [0.4, 0.5) is 16.4 Å². The number of carbonyl (C=O) groups is 2. The van der Waals surface area contributed by atoms with Crippen molar-refractivity contribution in [3.8, 4) is 11.8 Å². The number of amides is 2. The molecule has 4 heterocycles. The number of ether oxygens (including phenoxy) is 1. The summed E-state index contributed by atoms with van der Waals surface area (Å²) in [5.41, 5.74) is 6.81. The largest absolute Gasteiger partial charge is 0.444 e. The summed E-state index contributed by atoms with van der Waals surface area (Å²) in [6.07, 6.45) is 1.38. The highest BCUT2D eigenvalue weighted by molar-refractivity contribution is 6.03. The summed E-state index contributed by atoms with van der Waals surface area (Å²) in [4.78, 5) is 53.2. The molecule has 4 aromatic rings. The molecule has 0 bridgehead atoms. The van der Waals surface area contributed by atoms with Crippen molar-refractivity contribution >= 4 is 34.8 Å². The van der Waals surface area contributed by atoms with Crippen LogP contribution in [-0.2, 0) is 4.74 Å². The van der Waals surface area contributed by atoms with Crippen molar-refractivity contribution in [2.24, 2.45) is 0 Å².